The van der Waals surface area contributed by atoms with Crippen molar-refractivity contribution in [2.45, 2.75) is 28.7 Å². The number of hydrogen-bond donors (Lipinski definition) is 1. The zero-order chi connectivity index (χ0) is 16.4. The molecule has 3 nitrogen and oxygen atoms in total. The third-order valence-electron chi connectivity index (χ3n) is 4.76. The molecule has 4 heteroatoms. The van der Waals surface area contributed by atoms with E-state index in [9.17, 15) is 5.11 Å². The van der Waals surface area contributed by atoms with Gasteiger partial charge in [0, 0.05) is 28.5 Å². The number of rotatable bonds is 5. The number of benzene rings is 2. The Kier molecular flexibility index (Phi) is 4.67. The maximum atomic E-state index is 9.52. The van der Waals surface area contributed by atoms with Crippen LogP contribution in [0.15, 0.2) is 58.3 Å². The molecule has 1 aliphatic rings. The summed E-state index contributed by atoms with van der Waals surface area (Å²) < 4.78 is 0. The van der Waals surface area contributed by atoms with Crippen LogP contribution < -0.4 is 4.90 Å². The van der Waals surface area contributed by atoms with Crippen LogP contribution >= 0.6 is 11.8 Å². The number of hydrogen-bond acceptors (Lipinski definition) is 4. The molecule has 0 fully saturated rings. The third kappa shape index (κ3) is 3.11. The van der Waals surface area contributed by atoms with Crippen molar-refractivity contribution in [1.29, 1.82) is 0 Å². The molecule has 122 valence electrons. The highest BCUT2D eigenvalue weighted by Crippen LogP contribution is 2.48. The second kappa shape index (κ2) is 6.56. The Balaban J connectivity index is 2.04. The molecule has 1 unspecified atom stereocenters. The van der Waals surface area contributed by atoms with Crippen LogP contribution in [0.1, 0.15) is 13.3 Å². The van der Waals surface area contributed by atoms with E-state index < -0.39 is 0 Å². The fourth-order valence-electron chi connectivity index (χ4n) is 2.98. The molecule has 0 spiro atoms. The number of nitrogens with zero attached hydrogens (tertiary/aromatic N) is 2. The average Bonchev–Trinajstić information content (AvgIpc) is 2.54. The first-order valence-electron chi connectivity index (χ1n) is 7.97. The first kappa shape index (κ1) is 16.4. The van der Waals surface area contributed by atoms with Gasteiger partial charge in [-0.2, -0.15) is 0 Å². The Morgan fingerprint density at radius 1 is 1.00 bits per heavy atom. The van der Waals surface area contributed by atoms with Gasteiger partial charge < -0.3 is 14.9 Å². The quantitative estimate of drug-likeness (QED) is 0.898. The van der Waals surface area contributed by atoms with Gasteiger partial charge in [0.2, 0.25) is 0 Å². The van der Waals surface area contributed by atoms with Crippen molar-refractivity contribution < 1.29 is 5.11 Å². The van der Waals surface area contributed by atoms with Gasteiger partial charge in [0.25, 0.3) is 0 Å². The number of para-hydroxylation sites is 2. The largest absolute Gasteiger partial charge is 0.396 e. The van der Waals surface area contributed by atoms with Crippen molar-refractivity contribution >= 4 is 23.1 Å². The van der Waals surface area contributed by atoms with Crippen molar-refractivity contribution in [2.24, 2.45) is 0 Å². The molecule has 0 amide bonds. The van der Waals surface area contributed by atoms with E-state index in [0.29, 0.717) is 0 Å². The number of aliphatic hydroxyl groups is 1. The van der Waals surface area contributed by atoms with E-state index in [2.05, 4.69) is 79.3 Å². The van der Waals surface area contributed by atoms with Crippen molar-refractivity contribution in [1.82, 2.24) is 4.90 Å². The molecule has 0 radical (unpaired) electrons. The number of likely N-dealkylation sites (N-methyl/N-ethyl adjacent to an activating group) is 1. The van der Waals surface area contributed by atoms with Crippen LogP contribution in [0.5, 0.6) is 0 Å². The highest BCUT2D eigenvalue weighted by molar-refractivity contribution is 7.99. The second-order valence-electron chi connectivity index (χ2n) is 6.49. The van der Waals surface area contributed by atoms with Gasteiger partial charge in [-0.15, -0.1) is 0 Å². The molecule has 0 saturated heterocycles. The van der Waals surface area contributed by atoms with Crippen molar-refractivity contribution in [2.75, 3.05) is 32.1 Å². The molecule has 1 heterocycles. The predicted molar refractivity (Wildman–Crippen MR) is 97.8 cm³/mol. The zero-order valence-corrected chi connectivity index (χ0v) is 14.8. The summed E-state index contributed by atoms with van der Waals surface area (Å²) in [6, 6.07) is 17.1. The molecule has 1 atom stereocenters. The van der Waals surface area contributed by atoms with Crippen molar-refractivity contribution in [3.05, 3.63) is 48.5 Å². The van der Waals surface area contributed by atoms with E-state index in [1.807, 2.05) is 11.8 Å². The van der Waals surface area contributed by atoms with Crippen LogP contribution in [0, 0.1) is 0 Å². The molecule has 0 aromatic heterocycles. The van der Waals surface area contributed by atoms with Crippen LogP contribution in [0.25, 0.3) is 0 Å². The van der Waals surface area contributed by atoms with E-state index in [1.165, 1.54) is 21.2 Å². The molecule has 1 aliphatic heterocycles. The molecule has 0 aliphatic carbocycles. The van der Waals surface area contributed by atoms with E-state index in [-0.39, 0.29) is 12.1 Å². The highest BCUT2D eigenvalue weighted by atomic mass is 32.2. The summed E-state index contributed by atoms with van der Waals surface area (Å²) in [5.41, 5.74) is 2.40. The fourth-order valence-corrected chi connectivity index (χ4v) is 4.07. The van der Waals surface area contributed by atoms with Crippen LogP contribution in [-0.4, -0.2) is 42.8 Å². The lowest BCUT2D eigenvalue weighted by molar-refractivity contribution is 0.132. The number of anilines is 2. The van der Waals surface area contributed by atoms with E-state index >= 15 is 0 Å². The Bertz CT molecular complexity index is 643. The van der Waals surface area contributed by atoms with E-state index in [4.69, 9.17) is 0 Å². The Morgan fingerprint density at radius 2 is 1.52 bits per heavy atom. The van der Waals surface area contributed by atoms with Gasteiger partial charge in [0.1, 0.15) is 0 Å². The molecular formula is C19H24N2OS. The zero-order valence-electron chi connectivity index (χ0n) is 14.0. The summed E-state index contributed by atoms with van der Waals surface area (Å²) in [6.07, 6.45) is 0.744. The van der Waals surface area contributed by atoms with Crippen LogP contribution in [-0.2, 0) is 0 Å². The number of fused-ring (bicyclic) bond motifs is 2. The average molecular weight is 328 g/mol. The van der Waals surface area contributed by atoms with Crippen LogP contribution in [0.4, 0.5) is 11.4 Å². The Hall–Kier alpha value is -1.49. The van der Waals surface area contributed by atoms with Gasteiger partial charge in [-0.1, -0.05) is 36.0 Å². The summed E-state index contributed by atoms with van der Waals surface area (Å²) in [6.45, 7) is 3.26. The smallest absolute Gasteiger partial charge is 0.0553 e. The molecular weight excluding hydrogens is 304 g/mol. The minimum absolute atomic E-state index is 0.100. The third-order valence-corrected chi connectivity index (χ3v) is 5.89. The summed E-state index contributed by atoms with van der Waals surface area (Å²) in [5.74, 6) is 0. The molecule has 2 aromatic carbocycles. The minimum atomic E-state index is -0.100. The summed E-state index contributed by atoms with van der Waals surface area (Å²) in [7, 11) is 4.18. The van der Waals surface area contributed by atoms with E-state index in [1.54, 1.807) is 0 Å². The summed E-state index contributed by atoms with van der Waals surface area (Å²) in [5, 5.41) is 9.52. The molecule has 23 heavy (non-hydrogen) atoms. The Morgan fingerprint density at radius 3 is 2.00 bits per heavy atom. The summed E-state index contributed by atoms with van der Waals surface area (Å²) >= 11 is 1.83. The lowest BCUT2D eigenvalue weighted by Gasteiger charge is -2.43. The van der Waals surface area contributed by atoms with Gasteiger partial charge in [-0.25, -0.2) is 0 Å². The normalized spacial score (nSPS) is 16.0. The van der Waals surface area contributed by atoms with Gasteiger partial charge >= 0.3 is 0 Å². The van der Waals surface area contributed by atoms with Gasteiger partial charge in [-0.05, 0) is 51.7 Å². The van der Waals surface area contributed by atoms with Crippen molar-refractivity contribution in [3.63, 3.8) is 0 Å². The number of aliphatic hydroxyl groups excluding tert-OH is 1. The fraction of sp³-hybridized carbons (Fsp3) is 0.368. The molecule has 1 N–H and O–H groups in total. The van der Waals surface area contributed by atoms with Gasteiger partial charge in [0.15, 0.2) is 0 Å². The molecule has 3 rings (SSSR count). The molecule has 2 aromatic rings. The first-order chi connectivity index (χ1) is 11.0. The standard InChI is InChI=1S/C19H24N2OS/c1-19(12-13-22,20(2)3)14-21-15-8-4-6-10-17(15)23-18-11-7-5-9-16(18)21/h4-11,22H,12-14H2,1-3H3. The first-order valence-corrected chi connectivity index (χ1v) is 8.78. The van der Waals surface area contributed by atoms with Crippen molar-refractivity contribution in [3.8, 4) is 0 Å². The predicted octanol–water partition coefficient (Wildman–Crippen LogP) is 3.99. The lowest BCUT2D eigenvalue weighted by Crippen LogP contribution is -2.50. The van der Waals surface area contributed by atoms with Crippen LogP contribution in [0.2, 0.25) is 0 Å². The van der Waals surface area contributed by atoms with Crippen LogP contribution in [0.3, 0.4) is 0 Å². The molecule has 0 saturated carbocycles. The maximum Gasteiger partial charge on any atom is 0.0553 e. The monoisotopic (exact) mass is 328 g/mol. The maximum absolute atomic E-state index is 9.52. The van der Waals surface area contributed by atoms with Gasteiger partial charge in [-0.3, -0.25) is 0 Å². The van der Waals surface area contributed by atoms with E-state index in [0.717, 1.165) is 13.0 Å². The SMILES string of the molecule is CN(C)C(C)(CCO)CN1c2ccccc2Sc2ccccc21. The van der Waals surface area contributed by atoms with Gasteiger partial charge in [0.05, 0.1) is 11.4 Å². The minimum Gasteiger partial charge on any atom is -0.396 e. The summed E-state index contributed by atoms with van der Waals surface area (Å²) in [4.78, 5) is 7.19. The Labute approximate surface area is 142 Å². The molecule has 0 bridgehead atoms. The lowest BCUT2D eigenvalue weighted by atomic mass is 9.95. The second-order valence-corrected chi connectivity index (χ2v) is 7.57. The topological polar surface area (TPSA) is 26.7 Å². The highest BCUT2D eigenvalue weighted by Gasteiger charge is 2.33.